The van der Waals surface area contributed by atoms with Crippen molar-refractivity contribution in [2.24, 2.45) is 5.84 Å². The molecule has 6 heteroatoms. The quantitative estimate of drug-likeness (QED) is 0.479. The van der Waals surface area contributed by atoms with Crippen molar-refractivity contribution in [3.63, 3.8) is 0 Å². The second-order valence-electron chi connectivity index (χ2n) is 3.09. The zero-order chi connectivity index (χ0) is 11.5. The molecule has 1 aromatic rings. The normalized spacial score (nSPS) is 13.9. The van der Waals surface area contributed by atoms with Gasteiger partial charge >= 0.3 is 5.38 Å². The maximum atomic E-state index is 12.7. The Bertz CT molecular complexity index is 327. The summed E-state index contributed by atoms with van der Waals surface area (Å²) in [7, 11) is 0. The highest BCUT2D eigenvalue weighted by atomic mass is 35.5. The average molecular weight is 239 g/mol. The third-order valence-corrected chi connectivity index (χ3v) is 2.19. The minimum absolute atomic E-state index is 0.148. The molecule has 0 aliphatic carbocycles. The predicted octanol–water partition coefficient (Wildman–Crippen LogP) is 2.03. The lowest BCUT2D eigenvalue weighted by Gasteiger charge is -2.20. The van der Waals surface area contributed by atoms with Crippen molar-refractivity contribution in [1.29, 1.82) is 0 Å². The molecule has 0 aliphatic heterocycles. The fraction of sp³-hybridized carbons (Fsp3) is 0.333. The lowest BCUT2D eigenvalue weighted by Crippen LogP contribution is -2.46. The van der Waals surface area contributed by atoms with E-state index in [9.17, 15) is 13.2 Å². The third kappa shape index (κ3) is 3.70. The van der Waals surface area contributed by atoms with Crippen LogP contribution in [-0.4, -0.2) is 11.4 Å². The van der Waals surface area contributed by atoms with Crippen molar-refractivity contribution in [1.82, 2.24) is 5.43 Å². The highest BCUT2D eigenvalue weighted by Crippen LogP contribution is 2.25. The van der Waals surface area contributed by atoms with E-state index in [4.69, 9.17) is 17.4 Å². The summed E-state index contributed by atoms with van der Waals surface area (Å²) in [5.74, 6) is 4.45. The van der Waals surface area contributed by atoms with Gasteiger partial charge in [0, 0.05) is 0 Å². The molecule has 84 valence electrons. The van der Waals surface area contributed by atoms with Crippen molar-refractivity contribution >= 4 is 11.6 Å². The molecule has 1 aromatic carbocycles. The van der Waals surface area contributed by atoms with E-state index < -0.39 is 17.2 Å². The summed E-state index contributed by atoms with van der Waals surface area (Å²) in [5, 5.41) is -3.47. The Morgan fingerprint density at radius 3 is 2.60 bits per heavy atom. The second kappa shape index (κ2) is 4.83. The molecule has 0 radical (unpaired) electrons. The Hall–Kier alpha value is -0.780. The number of nitrogens with two attached hydrogens (primary N) is 1. The van der Waals surface area contributed by atoms with Crippen LogP contribution in [0.1, 0.15) is 5.56 Å². The number of hydrogen-bond donors (Lipinski definition) is 2. The van der Waals surface area contributed by atoms with Gasteiger partial charge in [-0.05, 0) is 35.7 Å². The first-order valence-electron chi connectivity index (χ1n) is 4.21. The summed E-state index contributed by atoms with van der Waals surface area (Å²) in [5.41, 5.74) is 2.31. The molecule has 2 nitrogen and oxygen atoms in total. The van der Waals surface area contributed by atoms with E-state index in [1.807, 2.05) is 5.43 Å². The van der Waals surface area contributed by atoms with Gasteiger partial charge in [0.15, 0.2) is 0 Å². The summed E-state index contributed by atoms with van der Waals surface area (Å²) >= 11 is 4.82. The van der Waals surface area contributed by atoms with Crippen LogP contribution in [0.15, 0.2) is 24.3 Å². The molecule has 0 aliphatic rings. The van der Waals surface area contributed by atoms with Crippen molar-refractivity contribution in [3.05, 3.63) is 35.6 Å². The SMILES string of the molecule is NNC(Cc1cccc(F)c1)C(F)(F)Cl. The molecule has 1 rings (SSSR count). The number of alkyl halides is 3. The molecule has 0 spiro atoms. The minimum Gasteiger partial charge on any atom is -0.271 e. The van der Waals surface area contributed by atoms with Crippen LogP contribution in [0.2, 0.25) is 0 Å². The second-order valence-corrected chi connectivity index (χ2v) is 3.60. The highest BCUT2D eigenvalue weighted by Gasteiger charge is 2.36. The van der Waals surface area contributed by atoms with Gasteiger partial charge in [-0.3, -0.25) is 5.84 Å². The predicted molar refractivity (Wildman–Crippen MR) is 52.0 cm³/mol. The Labute approximate surface area is 90.2 Å². The van der Waals surface area contributed by atoms with Crippen LogP contribution in [0.5, 0.6) is 0 Å². The van der Waals surface area contributed by atoms with Crippen LogP contribution >= 0.6 is 11.6 Å². The molecule has 3 N–H and O–H groups in total. The van der Waals surface area contributed by atoms with Gasteiger partial charge in [-0.2, -0.15) is 8.78 Å². The zero-order valence-electron chi connectivity index (χ0n) is 7.68. The maximum absolute atomic E-state index is 12.7. The number of hydrazine groups is 1. The van der Waals surface area contributed by atoms with Crippen LogP contribution in [0.25, 0.3) is 0 Å². The first kappa shape index (κ1) is 12.3. The van der Waals surface area contributed by atoms with Crippen molar-refractivity contribution in [3.8, 4) is 0 Å². The molecule has 0 fully saturated rings. The van der Waals surface area contributed by atoms with E-state index in [2.05, 4.69) is 0 Å². The van der Waals surface area contributed by atoms with Gasteiger partial charge in [0.1, 0.15) is 11.9 Å². The molecule has 0 amide bonds. The van der Waals surface area contributed by atoms with Gasteiger partial charge in [0.25, 0.3) is 0 Å². The summed E-state index contributed by atoms with van der Waals surface area (Å²) < 4.78 is 38.2. The van der Waals surface area contributed by atoms with Crippen LogP contribution in [0.4, 0.5) is 13.2 Å². The number of halogens is 4. The van der Waals surface area contributed by atoms with Crippen molar-refractivity contribution in [2.45, 2.75) is 17.8 Å². The summed E-state index contributed by atoms with van der Waals surface area (Å²) in [4.78, 5) is 0. The molecule has 1 atom stereocenters. The van der Waals surface area contributed by atoms with E-state index in [-0.39, 0.29) is 6.42 Å². The molecule has 0 aromatic heterocycles. The van der Waals surface area contributed by atoms with Gasteiger partial charge in [-0.1, -0.05) is 12.1 Å². The number of nitrogens with one attached hydrogen (secondary N) is 1. The van der Waals surface area contributed by atoms with E-state index in [1.165, 1.54) is 18.2 Å². The fourth-order valence-electron chi connectivity index (χ4n) is 1.17. The maximum Gasteiger partial charge on any atom is 0.338 e. The van der Waals surface area contributed by atoms with Gasteiger partial charge < -0.3 is 0 Å². The van der Waals surface area contributed by atoms with Crippen LogP contribution < -0.4 is 11.3 Å². The molecule has 15 heavy (non-hydrogen) atoms. The Morgan fingerprint density at radius 1 is 1.47 bits per heavy atom. The fourth-order valence-corrected chi connectivity index (χ4v) is 1.31. The largest absolute Gasteiger partial charge is 0.338 e. The first-order chi connectivity index (χ1) is 6.93. The monoisotopic (exact) mass is 238 g/mol. The van der Waals surface area contributed by atoms with E-state index in [1.54, 1.807) is 0 Å². The molecular weight excluding hydrogens is 229 g/mol. The lowest BCUT2D eigenvalue weighted by atomic mass is 10.1. The topological polar surface area (TPSA) is 38.0 Å². The van der Waals surface area contributed by atoms with Gasteiger partial charge in [0.05, 0.1) is 0 Å². The third-order valence-electron chi connectivity index (χ3n) is 1.93. The number of rotatable bonds is 4. The van der Waals surface area contributed by atoms with Gasteiger partial charge in [-0.15, -0.1) is 0 Å². The van der Waals surface area contributed by atoms with Crippen LogP contribution in [0.3, 0.4) is 0 Å². The van der Waals surface area contributed by atoms with Crippen LogP contribution in [0, 0.1) is 5.82 Å². The zero-order valence-corrected chi connectivity index (χ0v) is 8.44. The number of benzene rings is 1. The molecule has 0 saturated heterocycles. The summed E-state index contributed by atoms with van der Waals surface area (Å²) in [6.07, 6.45) is -0.148. The van der Waals surface area contributed by atoms with Crippen LogP contribution in [-0.2, 0) is 6.42 Å². The average Bonchev–Trinajstić information content (AvgIpc) is 2.12. The summed E-state index contributed by atoms with van der Waals surface area (Å²) in [6.45, 7) is 0. The van der Waals surface area contributed by atoms with Crippen molar-refractivity contribution < 1.29 is 13.2 Å². The molecular formula is C9H10ClF3N2. The van der Waals surface area contributed by atoms with Crippen molar-refractivity contribution in [2.75, 3.05) is 0 Å². The smallest absolute Gasteiger partial charge is 0.271 e. The molecule has 0 saturated carbocycles. The van der Waals surface area contributed by atoms with E-state index in [0.717, 1.165) is 6.07 Å². The summed E-state index contributed by atoms with van der Waals surface area (Å²) in [6, 6.07) is 3.92. The molecule has 0 bridgehead atoms. The molecule has 1 unspecified atom stereocenters. The first-order valence-corrected chi connectivity index (χ1v) is 4.58. The Kier molecular flexibility index (Phi) is 3.96. The lowest BCUT2D eigenvalue weighted by molar-refractivity contribution is 0.0502. The Morgan fingerprint density at radius 2 is 2.13 bits per heavy atom. The highest BCUT2D eigenvalue weighted by molar-refractivity contribution is 6.22. The van der Waals surface area contributed by atoms with E-state index in [0.29, 0.717) is 5.56 Å². The Balaban J connectivity index is 2.76. The van der Waals surface area contributed by atoms with Gasteiger partial charge in [-0.25, -0.2) is 9.82 Å². The minimum atomic E-state index is -3.47. The van der Waals surface area contributed by atoms with Gasteiger partial charge in [0.2, 0.25) is 0 Å². The number of hydrogen-bond acceptors (Lipinski definition) is 2. The molecule has 0 heterocycles. The standard InChI is InChI=1S/C9H10ClF3N2/c10-9(12,13)8(15-14)5-6-2-1-3-7(11)4-6/h1-4,8,15H,5,14H2. The van der Waals surface area contributed by atoms with E-state index >= 15 is 0 Å².